The quantitative estimate of drug-likeness (QED) is 0.0120. The first-order chi connectivity index (χ1) is 66.5. The van der Waals surface area contributed by atoms with E-state index in [0.717, 1.165) is 120 Å². The van der Waals surface area contributed by atoms with Gasteiger partial charge in [0, 0.05) is 124 Å². The van der Waals surface area contributed by atoms with Crippen LogP contribution in [0.15, 0.2) is 267 Å². The van der Waals surface area contributed by atoms with Crippen LogP contribution in [0.3, 0.4) is 0 Å². The number of hydrogen-bond acceptors (Lipinski definition) is 19. The number of allylic oxidation sites excluding steroid dienone is 5. The number of rotatable bonds is 40. The number of ketones is 8. The molecule has 5 aliphatic rings. The lowest BCUT2D eigenvalue weighted by atomic mass is 9.87. The molecule has 136 heavy (non-hydrogen) atoms. The number of carbonyl (C=O) groups excluding carboxylic acids is 12. The van der Waals surface area contributed by atoms with Crippen LogP contribution in [-0.2, 0) is 52.3 Å². The van der Waals surface area contributed by atoms with Crippen molar-refractivity contribution >= 4 is 115 Å². The highest BCUT2D eigenvalue weighted by Gasteiger charge is 2.32. The average Bonchev–Trinajstić information content (AvgIpc) is 1.60. The van der Waals surface area contributed by atoms with Crippen molar-refractivity contribution in [3.05, 3.63) is 400 Å². The third-order valence-corrected chi connectivity index (χ3v) is 24.8. The van der Waals surface area contributed by atoms with Crippen LogP contribution in [0.25, 0.3) is 45.1 Å². The fourth-order valence-corrected chi connectivity index (χ4v) is 17.7. The zero-order valence-electron chi connectivity index (χ0n) is 74.8. The number of esters is 4. The third-order valence-electron chi connectivity index (χ3n) is 24.8. The molecule has 0 atom stereocenters. The predicted molar refractivity (Wildman–Crippen MR) is 511 cm³/mol. The molecule has 4 aliphatic carbocycles. The minimum atomic E-state index is -0.617. The number of aromatic nitrogens is 4. The Morgan fingerprint density at radius 2 is 0.441 bits per heavy atom. The summed E-state index contributed by atoms with van der Waals surface area (Å²) in [5, 5.41) is 2.77. The molecule has 8 aromatic carbocycles. The van der Waals surface area contributed by atoms with Crippen molar-refractivity contribution in [2.45, 2.75) is 116 Å². The second-order valence-electron chi connectivity index (χ2n) is 34.0. The van der Waals surface area contributed by atoms with Gasteiger partial charge in [-0.05, 0) is 233 Å². The standard InChI is InChI=1S/C113H98N4O19/c118-95-66-78(79-27-11-15-31-83(79)106(95)122)26-10-2-1-3-22-62-133-110(126)74-43-35-70(36-44-74)102-87-51-53-89(114-87)103(71-37-45-75(46-38-71)111(127)134-63-23-7-4-19-59-130-99-67-96(119)107(123)84-32-16-12-28-80(84)99)91-55-57-93(116-91)105(73-41-49-77(50-42-73)113(129)136-65-25-9-6-21-61-132-101-69-98(121)109(125)86-34-18-14-30-82(86)101)94-58-56-92(117-94)104(90-54-52-88(102)115-90)72-39-47-76(48-40-72)112(128)135-64-24-8-5-20-60-131-100-68-97(120)108(124)85-33-17-13-29-81(85)100/h11-18,27-58,66-69,114-117H,1-10,19-26,59-65H2. The maximum absolute atomic E-state index is 13.9. The van der Waals surface area contributed by atoms with Gasteiger partial charge in [-0.15, -0.1) is 0 Å². The van der Waals surface area contributed by atoms with Crippen molar-refractivity contribution in [3.63, 3.8) is 0 Å². The Labute approximate surface area is 783 Å². The topological polar surface area (TPSA) is 333 Å². The van der Waals surface area contributed by atoms with E-state index in [2.05, 4.69) is 19.9 Å². The molecule has 0 radical (unpaired) electrons. The lowest BCUT2D eigenvalue weighted by Gasteiger charge is -2.16. The minimum absolute atomic E-state index is 0.180. The van der Waals surface area contributed by atoms with Gasteiger partial charge in [-0.2, -0.15) is 0 Å². The molecule has 0 fully saturated rings. The second-order valence-corrected chi connectivity index (χ2v) is 34.0. The molecule has 17 rings (SSSR count). The summed E-state index contributed by atoms with van der Waals surface area (Å²) in [6.07, 6.45) is 18.3. The maximum Gasteiger partial charge on any atom is 0.338 e. The van der Waals surface area contributed by atoms with Crippen molar-refractivity contribution in [1.82, 2.24) is 19.9 Å². The summed E-state index contributed by atoms with van der Waals surface area (Å²) in [5.74, 6) is -5.32. The summed E-state index contributed by atoms with van der Waals surface area (Å²) < 4.78 is 41.4. The number of fused-ring (bicyclic) bond motifs is 12. The van der Waals surface area contributed by atoms with Crippen LogP contribution in [0, 0.1) is 0 Å². The molecule has 0 unspecified atom stereocenters. The molecule has 0 saturated heterocycles. The van der Waals surface area contributed by atoms with E-state index in [-0.39, 0.29) is 26.4 Å². The van der Waals surface area contributed by atoms with Gasteiger partial charge in [0.1, 0.15) is 17.3 Å². The van der Waals surface area contributed by atoms with Crippen molar-refractivity contribution in [2.75, 3.05) is 46.2 Å². The molecule has 23 nitrogen and oxygen atoms in total. The Kier molecular flexibility index (Phi) is 29.1. The zero-order valence-corrected chi connectivity index (χ0v) is 74.8. The molecule has 12 aromatic rings. The number of aromatic amines is 4. The Hall–Kier alpha value is -16.0. The summed E-state index contributed by atoms with van der Waals surface area (Å²) in [6, 6.07) is 72.9. The number of unbranched alkanes of at least 4 members (excludes halogenated alkanes) is 13. The van der Waals surface area contributed by atoms with E-state index < -0.39 is 70.1 Å². The van der Waals surface area contributed by atoms with Crippen molar-refractivity contribution in [2.24, 2.45) is 0 Å². The Morgan fingerprint density at radius 3 is 0.721 bits per heavy atom. The lowest BCUT2D eigenvalue weighted by Crippen LogP contribution is -2.19. The van der Waals surface area contributed by atoms with E-state index in [1.807, 2.05) is 109 Å². The number of carbonyl (C=O) groups is 12. The molecule has 0 saturated carbocycles. The van der Waals surface area contributed by atoms with Gasteiger partial charge >= 0.3 is 23.9 Å². The van der Waals surface area contributed by atoms with E-state index in [0.29, 0.717) is 194 Å². The van der Waals surface area contributed by atoms with Crippen LogP contribution in [-0.4, -0.2) is 136 Å². The predicted octanol–water partition coefficient (Wildman–Crippen LogP) is 17.3. The Morgan fingerprint density at radius 1 is 0.213 bits per heavy atom. The van der Waals surface area contributed by atoms with Gasteiger partial charge in [-0.25, -0.2) is 19.2 Å². The Balaban J connectivity index is 0.634. The van der Waals surface area contributed by atoms with Crippen LogP contribution in [0.1, 0.15) is 266 Å². The second kappa shape index (κ2) is 43.1. The summed E-state index contributed by atoms with van der Waals surface area (Å²) in [5.41, 5.74) is 14.9. The molecule has 5 heterocycles. The van der Waals surface area contributed by atoms with E-state index in [1.54, 1.807) is 133 Å². The van der Waals surface area contributed by atoms with Crippen molar-refractivity contribution in [1.29, 1.82) is 0 Å². The number of hydrogen-bond donors (Lipinski definition) is 4. The largest absolute Gasteiger partial charge is 0.493 e. The Bertz CT molecular complexity index is 6270. The van der Waals surface area contributed by atoms with Crippen molar-refractivity contribution < 1.29 is 90.7 Å². The third kappa shape index (κ3) is 21.2. The lowest BCUT2D eigenvalue weighted by molar-refractivity contribution is -0.111. The maximum atomic E-state index is 13.9. The van der Waals surface area contributed by atoms with Gasteiger partial charge in [0.05, 0.1) is 68.5 Å². The smallest absolute Gasteiger partial charge is 0.338 e. The molecule has 4 aromatic heterocycles. The fraction of sp³-hybridized carbons (Fsp3) is 0.221. The summed E-state index contributed by atoms with van der Waals surface area (Å²) in [6.45, 7) is 1.77. The van der Waals surface area contributed by atoms with E-state index in [4.69, 9.17) is 33.2 Å². The first-order valence-electron chi connectivity index (χ1n) is 46.3. The van der Waals surface area contributed by atoms with Gasteiger partial charge in [0.15, 0.2) is 0 Å². The van der Waals surface area contributed by atoms with E-state index >= 15 is 0 Å². The molecular weight excluding hydrogens is 1720 g/mol. The first-order valence-corrected chi connectivity index (χ1v) is 46.3. The number of benzene rings is 8. The van der Waals surface area contributed by atoms with Crippen molar-refractivity contribution in [3.8, 4) is 0 Å². The van der Waals surface area contributed by atoms with E-state index in [9.17, 15) is 57.5 Å². The minimum Gasteiger partial charge on any atom is -0.493 e. The number of ether oxygens (including phenoxy) is 7. The van der Waals surface area contributed by atoms with Gasteiger partial charge in [-0.1, -0.05) is 165 Å². The van der Waals surface area contributed by atoms with Gasteiger partial charge in [0.2, 0.25) is 46.3 Å². The van der Waals surface area contributed by atoms with Crippen LogP contribution in [0.2, 0.25) is 0 Å². The van der Waals surface area contributed by atoms with Gasteiger partial charge < -0.3 is 53.1 Å². The number of H-pyrrole nitrogens is 4. The molecule has 0 spiro atoms. The number of Topliss-reactive ketones (excluding diaryl/α,β-unsaturated/α-hetero) is 4. The molecule has 684 valence electrons. The fourth-order valence-electron chi connectivity index (χ4n) is 17.7. The molecule has 0 amide bonds. The monoisotopic (exact) mass is 1810 g/mol. The summed E-state index contributed by atoms with van der Waals surface area (Å²) in [7, 11) is 0. The molecular formula is C113H98N4O19. The van der Waals surface area contributed by atoms with Gasteiger partial charge in [0.25, 0.3) is 0 Å². The average molecular weight is 1820 g/mol. The summed E-state index contributed by atoms with van der Waals surface area (Å²) >= 11 is 0. The zero-order chi connectivity index (χ0) is 94.0. The highest BCUT2D eigenvalue weighted by atomic mass is 16.5. The molecule has 4 N–H and O–H groups in total. The van der Waals surface area contributed by atoms with Crippen LogP contribution < -0.4 is 21.4 Å². The summed E-state index contributed by atoms with van der Waals surface area (Å²) in [4.78, 5) is 171. The van der Waals surface area contributed by atoms with Crippen LogP contribution in [0.4, 0.5) is 0 Å². The first kappa shape index (κ1) is 91.8. The van der Waals surface area contributed by atoms with Crippen LogP contribution in [0.5, 0.6) is 0 Å². The highest BCUT2D eigenvalue weighted by Crippen LogP contribution is 2.35. The van der Waals surface area contributed by atoms with E-state index in [1.165, 1.54) is 24.3 Å². The SMILES string of the molecule is O=C1C=C(CCCCCCCOC(=O)c2ccc(C3=c4ccc([nH]4)=C(c4ccc(C(=O)OCCCCCCOC5=CC(=O)C(=O)c6ccccc65)cc4)c4ccc([nH]4)C(c4ccc(C(=O)OCCCCCCOC5=CC(=O)C(=O)c6ccccc65)cc4)=c4ccc([nH]4)=C(c4ccc(C(=O)OCCCCCCOC5=CC(=O)C(=O)c6ccccc65)cc4)c4ccc3[nH]4)cc2)c2ccccc2C1=O. The molecule has 8 bridgehead atoms. The van der Waals surface area contributed by atoms with Crippen LogP contribution >= 0.6 is 0 Å². The molecule has 23 heteroatoms. The normalized spacial score (nSPS) is 13.8. The highest BCUT2D eigenvalue weighted by molar-refractivity contribution is 6.52. The molecule has 1 aliphatic heterocycles. The number of nitrogens with one attached hydrogen (secondary N) is 4. The van der Waals surface area contributed by atoms with Gasteiger partial charge in [-0.3, -0.25) is 38.4 Å².